The number of carboxylic acid groups (broad SMARTS) is 1. The molecular weight excluding hydrogens is 204 g/mol. The highest BCUT2D eigenvalue weighted by atomic mass is 16.4. The lowest BCUT2D eigenvalue weighted by Gasteiger charge is -2.03. The standard InChI is InChI=1S/C12H12N2O2/c15-12(16)8-14-6-9-1-2-11-7-13-4-3-10(11)5-9/h1-5,7,14H,6,8H2,(H,15,16). The summed E-state index contributed by atoms with van der Waals surface area (Å²) >= 11 is 0. The molecule has 4 nitrogen and oxygen atoms in total. The van der Waals surface area contributed by atoms with Crippen LogP contribution in [-0.2, 0) is 11.3 Å². The number of rotatable bonds is 4. The van der Waals surface area contributed by atoms with Crippen molar-refractivity contribution in [1.82, 2.24) is 10.3 Å². The van der Waals surface area contributed by atoms with Crippen molar-refractivity contribution in [3.8, 4) is 0 Å². The molecule has 82 valence electrons. The van der Waals surface area contributed by atoms with Crippen LogP contribution in [0.5, 0.6) is 0 Å². The smallest absolute Gasteiger partial charge is 0.317 e. The predicted molar refractivity (Wildman–Crippen MR) is 61.1 cm³/mol. The zero-order valence-corrected chi connectivity index (χ0v) is 8.68. The summed E-state index contributed by atoms with van der Waals surface area (Å²) in [4.78, 5) is 14.4. The van der Waals surface area contributed by atoms with Gasteiger partial charge in [0, 0.05) is 24.3 Å². The van der Waals surface area contributed by atoms with Gasteiger partial charge in [0.1, 0.15) is 0 Å². The normalized spacial score (nSPS) is 10.5. The van der Waals surface area contributed by atoms with Gasteiger partial charge in [0.2, 0.25) is 0 Å². The zero-order chi connectivity index (χ0) is 11.4. The van der Waals surface area contributed by atoms with Crippen molar-refractivity contribution in [1.29, 1.82) is 0 Å². The molecule has 2 N–H and O–H groups in total. The Bertz CT molecular complexity index is 511. The Labute approximate surface area is 92.9 Å². The Morgan fingerprint density at radius 2 is 2.19 bits per heavy atom. The lowest BCUT2D eigenvalue weighted by molar-refractivity contribution is -0.135. The molecule has 0 amide bonds. The average Bonchev–Trinajstić information content (AvgIpc) is 2.28. The zero-order valence-electron chi connectivity index (χ0n) is 8.68. The fourth-order valence-corrected chi connectivity index (χ4v) is 1.56. The van der Waals surface area contributed by atoms with E-state index in [9.17, 15) is 4.79 Å². The minimum absolute atomic E-state index is 0.0195. The first kappa shape index (κ1) is 10.6. The molecule has 1 aromatic carbocycles. The number of benzene rings is 1. The molecule has 1 heterocycles. The number of aromatic nitrogens is 1. The molecule has 0 saturated heterocycles. The number of fused-ring (bicyclic) bond motifs is 1. The Balaban J connectivity index is 2.10. The quantitative estimate of drug-likeness (QED) is 0.811. The van der Waals surface area contributed by atoms with Crippen LogP contribution in [0.4, 0.5) is 0 Å². The summed E-state index contributed by atoms with van der Waals surface area (Å²) < 4.78 is 0. The van der Waals surface area contributed by atoms with Crippen molar-refractivity contribution in [3.05, 3.63) is 42.2 Å². The molecule has 0 fully saturated rings. The van der Waals surface area contributed by atoms with Gasteiger partial charge in [0.25, 0.3) is 0 Å². The number of nitrogens with one attached hydrogen (secondary N) is 1. The molecule has 0 spiro atoms. The Hall–Kier alpha value is -1.94. The van der Waals surface area contributed by atoms with Gasteiger partial charge in [-0.05, 0) is 23.1 Å². The summed E-state index contributed by atoms with van der Waals surface area (Å²) in [6, 6.07) is 7.93. The average molecular weight is 216 g/mol. The van der Waals surface area contributed by atoms with E-state index in [4.69, 9.17) is 5.11 Å². The van der Waals surface area contributed by atoms with Crippen LogP contribution in [0.25, 0.3) is 10.8 Å². The first-order valence-corrected chi connectivity index (χ1v) is 5.01. The second kappa shape index (κ2) is 4.72. The largest absolute Gasteiger partial charge is 0.480 e. The third kappa shape index (κ3) is 2.55. The van der Waals surface area contributed by atoms with E-state index in [-0.39, 0.29) is 6.54 Å². The van der Waals surface area contributed by atoms with Gasteiger partial charge in [-0.2, -0.15) is 0 Å². The van der Waals surface area contributed by atoms with E-state index in [0.29, 0.717) is 6.54 Å². The summed E-state index contributed by atoms with van der Waals surface area (Å²) in [6.45, 7) is 0.541. The number of carboxylic acids is 1. The van der Waals surface area contributed by atoms with Crippen molar-refractivity contribution in [2.24, 2.45) is 0 Å². The van der Waals surface area contributed by atoms with Crippen LogP contribution in [0.1, 0.15) is 5.56 Å². The van der Waals surface area contributed by atoms with Crippen LogP contribution in [0.3, 0.4) is 0 Å². The van der Waals surface area contributed by atoms with Crippen molar-refractivity contribution in [2.45, 2.75) is 6.54 Å². The fourth-order valence-electron chi connectivity index (χ4n) is 1.56. The molecule has 0 bridgehead atoms. The van der Waals surface area contributed by atoms with E-state index < -0.39 is 5.97 Å². The van der Waals surface area contributed by atoms with Gasteiger partial charge in [-0.25, -0.2) is 0 Å². The third-order valence-corrected chi connectivity index (χ3v) is 2.31. The molecule has 2 rings (SSSR count). The van der Waals surface area contributed by atoms with E-state index in [1.165, 1.54) is 0 Å². The van der Waals surface area contributed by atoms with E-state index in [2.05, 4.69) is 10.3 Å². The van der Waals surface area contributed by atoms with Gasteiger partial charge in [0.15, 0.2) is 0 Å². The van der Waals surface area contributed by atoms with Crippen LogP contribution in [0.15, 0.2) is 36.7 Å². The minimum atomic E-state index is -0.843. The first-order valence-electron chi connectivity index (χ1n) is 5.01. The van der Waals surface area contributed by atoms with Gasteiger partial charge in [-0.1, -0.05) is 12.1 Å². The third-order valence-electron chi connectivity index (χ3n) is 2.31. The molecule has 0 saturated carbocycles. The second-order valence-electron chi connectivity index (χ2n) is 3.55. The summed E-state index contributed by atoms with van der Waals surface area (Å²) in [5.74, 6) is -0.843. The van der Waals surface area contributed by atoms with Crippen molar-refractivity contribution < 1.29 is 9.90 Å². The van der Waals surface area contributed by atoms with E-state index >= 15 is 0 Å². The first-order chi connectivity index (χ1) is 7.75. The SMILES string of the molecule is O=C(O)CNCc1ccc2cnccc2c1. The molecule has 0 radical (unpaired) electrons. The molecule has 4 heteroatoms. The van der Waals surface area contributed by atoms with Crippen LogP contribution in [0, 0.1) is 0 Å². The number of pyridine rings is 1. The summed E-state index contributed by atoms with van der Waals surface area (Å²) in [5.41, 5.74) is 1.07. The van der Waals surface area contributed by atoms with Gasteiger partial charge in [-0.3, -0.25) is 9.78 Å². The van der Waals surface area contributed by atoms with Crippen molar-refractivity contribution in [3.63, 3.8) is 0 Å². The van der Waals surface area contributed by atoms with Crippen molar-refractivity contribution in [2.75, 3.05) is 6.54 Å². The summed E-state index contributed by atoms with van der Waals surface area (Å²) in [7, 11) is 0. The Morgan fingerprint density at radius 1 is 1.31 bits per heavy atom. The molecule has 0 aliphatic rings. The van der Waals surface area contributed by atoms with Crippen LogP contribution >= 0.6 is 0 Å². The van der Waals surface area contributed by atoms with Crippen molar-refractivity contribution >= 4 is 16.7 Å². The predicted octanol–water partition coefficient (Wildman–Crippen LogP) is 1.41. The van der Waals surface area contributed by atoms with Crippen LogP contribution in [-0.4, -0.2) is 22.6 Å². The number of hydrogen-bond acceptors (Lipinski definition) is 3. The fraction of sp³-hybridized carbons (Fsp3) is 0.167. The molecule has 0 unspecified atom stereocenters. The highest BCUT2D eigenvalue weighted by Crippen LogP contribution is 2.14. The highest BCUT2D eigenvalue weighted by Gasteiger charge is 1.98. The maximum absolute atomic E-state index is 10.3. The lowest BCUT2D eigenvalue weighted by atomic mass is 10.1. The molecule has 0 aliphatic carbocycles. The highest BCUT2D eigenvalue weighted by molar-refractivity contribution is 5.82. The molecule has 2 aromatic rings. The topological polar surface area (TPSA) is 62.2 Å². The molecule has 0 aliphatic heterocycles. The summed E-state index contributed by atoms with van der Waals surface area (Å²) in [5, 5.41) is 13.5. The summed E-state index contributed by atoms with van der Waals surface area (Å²) in [6.07, 6.45) is 3.56. The van der Waals surface area contributed by atoms with E-state index in [0.717, 1.165) is 16.3 Å². The minimum Gasteiger partial charge on any atom is -0.480 e. The molecule has 16 heavy (non-hydrogen) atoms. The number of hydrogen-bond donors (Lipinski definition) is 2. The maximum atomic E-state index is 10.3. The van der Waals surface area contributed by atoms with Gasteiger partial charge >= 0.3 is 5.97 Å². The molecule has 1 aromatic heterocycles. The van der Waals surface area contributed by atoms with E-state index in [1.807, 2.05) is 30.5 Å². The number of nitrogens with zero attached hydrogens (tertiary/aromatic N) is 1. The Morgan fingerprint density at radius 3 is 3.00 bits per heavy atom. The van der Waals surface area contributed by atoms with Gasteiger partial charge in [-0.15, -0.1) is 0 Å². The maximum Gasteiger partial charge on any atom is 0.317 e. The van der Waals surface area contributed by atoms with Gasteiger partial charge in [0.05, 0.1) is 6.54 Å². The van der Waals surface area contributed by atoms with Crippen LogP contribution in [0.2, 0.25) is 0 Å². The number of aliphatic carboxylic acids is 1. The number of carbonyl (C=O) groups is 1. The Kier molecular flexibility index (Phi) is 3.12. The van der Waals surface area contributed by atoms with Crippen LogP contribution < -0.4 is 5.32 Å². The monoisotopic (exact) mass is 216 g/mol. The molecule has 0 atom stereocenters. The van der Waals surface area contributed by atoms with Gasteiger partial charge < -0.3 is 10.4 Å². The van der Waals surface area contributed by atoms with E-state index in [1.54, 1.807) is 6.20 Å². The lowest BCUT2D eigenvalue weighted by Crippen LogP contribution is -2.21. The molecular formula is C12H12N2O2. The second-order valence-corrected chi connectivity index (χ2v) is 3.55.